The minimum atomic E-state index is -0.563. The summed E-state index contributed by atoms with van der Waals surface area (Å²) in [6.45, 7) is 4.07. The topological polar surface area (TPSA) is 84.9 Å². The Hall–Kier alpha value is -3.03. The third-order valence-electron chi connectivity index (χ3n) is 5.11. The molecule has 1 N–H and O–H groups in total. The fraction of sp³-hybridized carbons (Fsp3) is 0.375. The molecule has 0 atom stereocenters. The number of rotatable bonds is 10. The zero-order valence-electron chi connectivity index (χ0n) is 17.5. The lowest BCUT2D eigenvalue weighted by Crippen LogP contribution is -2.36. The molecule has 0 bridgehead atoms. The molecule has 2 aromatic carbocycles. The lowest BCUT2D eigenvalue weighted by atomic mass is 10.1. The first kappa shape index (κ1) is 22.7. The maximum atomic E-state index is 12.1. The van der Waals surface area contributed by atoms with Crippen molar-refractivity contribution in [2.24, 2.45) is 0 Å². The highest BCUT2D eigenvalue weighted by Crippen LogP contribution is 2.13. The Bertz CT molecular complexity index is 879. The van der Waals surface area contributed by atoms with Crippen LogP contribution in [0.25, 0.3) is 0 Å². The van der Waals surface area contributed by atoms with Crippen molar-refractivity contribution in [1.29, 1.82) is 0 Å². The van der Waals surface area contributed by atoms with Crippen LogP contribution in [0.15, 0.2) is 54.6 Å². The van der Waals surface area contributed by atoms with Gasteiger partial charge in [-0.25, -0.2) is 0 Å². The van der Waals surface area contributed by atoms with Crippen LogP contribution < -0.4 is 5.32 Å². The first-order valence-corrected chi connectivity index (χ1v) is 10.5. The van der Waals surface area contributed by atoms with Crippen LogP contribution in [0.1, 0.15) is 34.3 Å². The molecule has 1 saturated heterocycles. The zero-order valence-corrected chi connectivity index (χ0v) is 17.5. The maximum Gasteiger partial charge on any atom is 0.306 e. The zero-order chi connectivity index (χ0) is 21.9. The Labute approximate surface area is 182 Å². The fourth-order valence-corrected chi connectivity index (χ4v) is 3.33. The van der Waals surface area contributed by atoms with Crippen LogP contribution in [0.4, 0.5) is 0 Å². The van der Waals surface area contributed by atoms with Crippen LogP contribution in [-0.4, -0.2) is 55.5 Å². The van der Waals surface area contributed by atoms with Gasteiger partial charge in [0.2, 0.25) is 0 Å². The van der Waals surface area contributed by atoms with Crippen LogP contribution in [0, 0.1) is 0 Å². The summed E-state index contributed by atoms with van der Waals surface area (Å²) in [6.07, 6.45) is 0.00275. The highest BCUT2D eigenvalue weighted by molar-refractivity contribution is 5.97. The number of nitrogens with one attached hydrogen (secondary N) is 1. The van der Waals surface area contributed by atoms with Gasteiger partial charge in [-0.15, -0.1) is 0 Å². The largest absolute Gasteiger partial charge is 0.456 e. The van der Waals surface area contributed by atoms with Crippen LogP contribution in [0.5, 0.6) is 0 Å². The highest BCUT2D eigenvalue weighted by Gasteiger charge is 2.14. The van der Waals surface area contributed by atoms with Gasteiger partial charge in [-0.2, -0.15) is 0 Å². The van der Waals surface area contributed by atoms with Gasteiger partial charge >= 0.3 is 5.97 Å². The van der Waals surface area contributed by atoms with Gasteiger partial charge in [0.25, 0.3) is 5.91 Å². The molecular formula is C24H28N2O5. The number of ether oxygens (including phenoxy) is 2. The molecule has 0 radical (unpaired) electrons. The van der Waals surface area contributed by atoms with Crippen molar-refractivity contribution in [3.8, 4) is 0 Å². The van der Waals surface area contributed by atoms with Gasteiger partial charge in [-0.3, -0.25) is 19.3 Å². The van der Waals surface area contributed by atoms with Gasteiger partial charge in [-0.1, -0.05) is 54.6 Å². The van der Waals surface area contributed by atoms with Gasteiger partial charge < -0.3 is 14.8 Å². The van der Waals surface area contributed by atoms with Crippen molar-refractivity contribution in [2.45, 2.75) is 25.9 Å². The maximum absolute atomic E-state index is 12.1. The fourth-order valence-electron chi connectivity index (χ4n) is 3.33. The van der Waals surface area contributed by atoms with Gasteiger partial charge in [0.1, 0.15) is 0 Å². The summed E-state index contributed by atoms with van der Waals surface area (Å²) in [7, 11) is 0. The number of ketones is 1. The minimum Gasteiger partial charge on any atom is -0.456 e. The molecule has 7 heteroatoms. The molecule has 7 nitrogen and oxygen atoms in total. The van der Waals surface area contributed by atoms with E-state index in [0.717, 1.165) is 44.0 Å². The van der Waals surface area contributed by atoms with Crippen LogP contribution in [0.3, 0.4) is 0 Å². The minimum absolute atomic E-state index is 0.0522. The molecule has 0 aliphatic carbocycles. The molecule has 0 saturated carbocycles. The van der Waals surface area contributed by atoms with Gasteiger partial charge in [0.05, 0.1) is 19.6 Å². The van der Waals surface area contributed by atoms with Crippen molar-refractivity contribution >= 4 is 17.7 Å². The number of esters is 1. The van der Waals surface area contributed by atoms with E-state index < -0.39 is 5.97 Å². The summed E-state index contributed by atoms with van der Waals surface area (Å²) in [5, 5.41) is 2.80. The quantitative estimate of drug-likeness (QED) is 0.466. The number of carbonyl (C=O) groups excluding carboxylic acids is 3. The number of Topliss-reactive ketones (excluding diaryl/α,β-unsaturated/α-hetero) is 1. The predicted octanol–water partition coefficient (Wildman–Crippen LogP) is 2.34. The Morgan fingerprint density at radius 2 is 1.58 bits per heavy atom. The molecule has 1 heterocycles. The van der Waals surface area contributed by atoms with Crippen molar-refractivity contribution in [3.05, 3.63) is 71.3 Å². The molecule has 2 aromatic rings. The predicted molar refractivity (Wildman–Crippen MR) is 115 cm³/mol. The number of benzene rings is 2. The molecule has 0 spiro atoms. The molecule has 0 unspecified atom stereocenters. The van der Waals surface area contributed by atoms with E-state index in [1.54, 1.807) is 24.3 Å². The van der Waals surface area contributed by atoms with E-state index >= 15 is 0 Å². The van der Waals surface area contributed by atoms with E-state index in [1.165, 1.54) is 0 Å². The van der Waals surface area contributed by atoms with Gasteiger partial charge in [0, 0.05) is 38.2 Å². The Morgan fingerprint density at radius 3 is 2.32 bits per heavy atom. The smallest absolute Gasteiger partial charge is 0.306 e. The summed E-state index contributed by atoms with van der Waals surface area (Å²) >= 11 is 0. The summed E-state index contributed by atoms with van der Waals surface area (Å²) in [5.74, 6) is -1.06. The molecular weight excluding hydrogens is 396 g/mol. The summed E-state index contributed by atoms with van der Waals surface area (Å²) in [6, 6.07) is 16.7. The highest BCUT2D eigenvalue weighted by atomic mass is 16.5. The average molecular weight is 424 g/mol. The molecule has 31 heavy (non-hydrogen) atoms. The van der Waals surface area contributed by atoms with E-state index in [2.05, 4.69) is 16.3 Å². The molecule has 0 aromatic heterocycles. The van der Waals surface area contributed by atoms with Crippen molar-refractivity contribution in [1.82, 2.24) is 10.2 Å². The van der Waals surface area contributed by atoms with Gasteiger partial charge in [0.15, 0.2) is 12.4 Å². The van der Waals surface area contributed by atoms with Crippen LogP contribution >= 0.6 is 0 Å². The van der Waals surface area contributed by atoms with Crippen molar-refractivity contribution in [3.63, 3.8) is 0 Å². The number of hydrogen-bond donors (Lipinski definition) is 1. The number of hydrogen-bond acceptors (Lipinski definition) is 6. The first-order chi connectivity index (χ1) is 15.1. The molecule has 1 aliphatic rings. The monoisotopic (exact) mass is 424 g/mol. The van der Waals surface area contributed by atoms with E-state index in [9.17, 15) is 14.4 Å². The lowest BCUT2D eigenvalue weighted by molar-refractivity contribution is -0.148. The second kappa shape index (κ2) is 12.0. The number of morpholine rings is 1. The second-order valence-corrected chi connectivity index (χ2v) is 7.38. The van der Waals surface area contributed by atoms with Crippen LogP contribution in [0.2, 0.25) is 0 Å². The number of carbonyl (C=O) groups is 3. The Morgan fingerprint density at radius 1 is 0.903 bits per heavy atom. The molecule has 3 rings (SSSR count). The van der Waals surface area contributed by atoms with Gasteiger partial charge in [-0.05, 0) is 11.1 Å². The molecule has 1 aliphatic heterocycles. The number of nitrogens with zero attached hydrogens (tertiary/aromatic N) is 1. The Balaban J connectivity index is 1.38. The van der Waals surface area contributed by atoms with E-state index in [1.807, 2.05) is 24.3 Å². The SMILES string of the molecule is O=C(COC(=O)CCC(=O)c1ccccc1)NCc1ccccc1CN1CCOCC1. The first-order valence-electron chi connectivity index (χ1n) is 10.5. The summed E-state index contributed by atoms with van der Waals surface area (Å²) in [5.41, 5.74) is 2.74. The third-order valence-corrected chi connectivity index (χ3v) is 5.11. The standard InChI is InChI=1S/C24H28N2O5/c27-22(19-6-2-1-3-7-19)10-11-24(29)31-18-23(28)25-16-20-8-4-5-9-21(20)17-26-12-14-30-15-13-26/h1-9H,10-18H2,(H,25,28). The molecule has 1 fully saturated rings. The average Bonchev–Trinajstić information content (AvgIpc) is 2.82. The number of amides is 1. The summed E-state index contributed by atoms with van der Waals surface area (Å²) < 4.78 is 10.4. The lowest BCUT2D eigenvalue weighted by Gasteiger charge is -2.27. The van der Waals surface area contributed by atoms with Crippen molar-refractivity contribution < 1.29 is 23.9 Å². The normalized spacial score (nSPS) is 14.1. The van der Waals surface area contributed by atoms with E-state index in [0.29, 0.717) is 12.1 Å². The van der Waals surface area contributed by atoms with E-state index in [4.69, 9.17) is 9.47 Å². The summed E-state index contributed by atoms with van der Waals surface area (Å²) in [4.78, 5) is 38.3. The molecule has 164 valence electrons. The van der Waals surface area contributed by atoms with Crippen molar-refractivity contribution in [2.75, 3.05) is 32.9 Å². The third kappa shape index (κ3) is 7.62. The van der Waals surface area contributed by atoms with Crippen LogP contribution in [-0.2, 0) is 32.2 Å². The second-order valence-electron chi connectivity index (χ2n) is 7.38. The Kier molecular flexibility index (Phi) is 8.75. The molecule has 1 amide bonds. The van der Waals surface area contributed by atoms with E-state index in [-0.39, 0.29) is 31.1 Å².